The molecule has 0 spiro atoms. The van der Waals surface area contributed by atoms with Crippen molar-refractivity contribution < 1.29 is 19.8 Å². The highest BCUT2D eigenvalue weighted by atomic mass is 35.5. The fraction of sp³-hybridized carbons (Fsp3) is 0. The molecule has 0 aliphatic rings. The fourth-order valence-corrected chi connectivity index (χ4v) is 1.97. The summed E-state index contributed by atoms with van der Waals surface area (Å²) >= 11 is 5.74. The minimum atomic E-state index is -1.03. The number of nitrogens with one attached hydrogen (secondary N) is 1. The van der Waals surface area contributed by atoms with Gasteiger partial charge in [0.05, 0.1) is 11.2 Å². The van der Waals surface area contributed by atoms with E-state index in [4.69, 9.17) is 16.7 Å². The number of carbonyl (C=O) groups excluding carboxylic acids is 1. The Hall–Kier alpha value is -3.12. The molecule has 0 saturated carbocycles. The number of amides is 1. The third-order valence-electron chi connectivity index (χ3n) is 2.92. The number of carboxylic acids is 1. The van der Waals surface area contributed by atoms with Crippen molar-refractivity contribution in [2.75, 3.05) is 0 Å². The lowest BCUT2D eigenvalue weighted by Gasteiger charge is -2.02. The van der Waals surface area contributed by atoms with Crippen molar-refractivity contribution in [1.29, 1.82) is 0 Å². The van der Waals surface area contributed by atoms with Gasteiger partial charge >= 0.3 is 5.97 Å². The average molecular weight is 345 g/mol. The van der Waals surface area contributed by atoms with E-state index in [0.29, 0.717) is 11.1 Å². The van der Waals surface area contributed by atoms with Crippen LogP contribution >= 0.6 is 11.6 Å². The maximum absolute atomic E-state index is 11.9. The van der Waals surface area contributed by atoms with E-state index in [0.717, 1.165) is 6.08 Å². The van der Waals surface area contributed by atoms with E-state index in [2.05, 4.69) is 10.5 Å². The number of hydrogen-bond donors (Lipinski definition) is 3. The average Bonchev–Trinajstić information content (AvgIpc) is 2.56. The van der Waals surface area contributed by atoms with Crippen LogP contribution in [0.4, 0.5) is 0 Å². The largest absolute Gasteiger partial charge is 0.506 e. The minimum Gasteiger partial charge on any atom is -0.506 e. The lowest BCUT2D eigenvalue weighted by atomic mass is 10.1. The van der Waals surface area contributed by atoms with Crippen LogP contribution < -0.4 is 5.43 Å². The zero-order chi connectivity index (χ0) is 17.5. The van der Waals surface area contributed by atoms with Crippen molar-refractivity contribution in [3.05, 3.63) is 70.3 Å². The summed E-state index contributed by atoms with van der Waals surface area (Å²) in [6.07, 6.45) is 3.92. The zero-order valence-electron chi connectivity index (χ0n) is 12.3. The summed E-state index contributed by atoms with van der Waals surface area (Å²) in [4.78, 5) is 22.4. The Morgan fingerprint density at radius 2 is 1.88 bits per heavy atom. The first kappa shape index (κ1) is 17.2. The van der Waals surface area contributed by atoms with E-state index in [-0.39, 0.29) is 16.3 Å². The molecule has 0 aliphatic carbocycles. The number of rotatable bonds is 5. The molecule has 0 aliphatic heterocycles. The first-order valence-electron chi connectivity index (χ1n) is 6.79. The molecule has 24 heavy (non-hydrogen) atoms. The standard InChI is InChI=1S/C17H13ClN2O4/c18-14-9-13(5-6-15(14)21)17(24)20-19-10-12-3-1-2-11(8-12)4-7-16(22)23/h1-10,21H,(H,20,24)(H,22,23). The Morgan fingerprint density at radius 3 is 2.58 bits per heavy atom. The molecule has 0 saturated heterocycles. The number of benzene rings is 2. The highest BCUT2D eigenvalue weighted by Gasteiger charge is 2.07. The van der Waals surface area contributed by atoms with Gasteiger partial charge in [-0.15, -0.1) is 0 Å². The fourth-order valence-electron chi connectivity index (χ4n) is 1.79. The third kappa shape index (κ3) is 4.96. The van der Waals surface area contributed by atoms with Gasteiger partial charge in [-0.05, 0) is 41.5 Å². The molecule has 2 rings (SSSR count). The summed E-state index contributed by atoms with van der Waals surface area (Å²) < 4.78 is 0. The van der Waals surface area contributed by atoms with Crippen LogP contribution in [0.5, 0.6) is 5.75 Å². The summed E-state index contributed by atoms with van der Waals surface area (Å²) in [5, 5.41) is 21.8. The van der Waals surface area contributed by atoms with Gasteiger partial charge in [-0.2, -0.15) is 5.10 Å². The number of hydrazone groups is 1. The number of hydrogen-bond acceptors (Lipinski definition) is 4. The summed E-state index contributed by atoms with van der Waals surface area (Å²) in [5.74, 6) is -1.62. The molecule has 0 bridgehead atoms. The van der Waals surface area contributed by atoms with E-state index in [1.54, 1.807) is 24.3 Å². The van der Waals surface area contributed by atoms with Gasteiger partial charge in [-0.1, -0.05) is 29.8 Å². The predicted octanol–water partition coefficient (Wildman–Crippen LogP) is 2.91. The van der Waals surface area contributed by atoms with Gasteiger partial charge in [-0.3, -0.25) is 4.79 Å². The molecule has 0 atom stereocenters. The van der Waals surface area contributed by atoms with Gasteiger partial charge < -0.3 is 10.2 Å². The normalized spacial score (nSPS) is 11.0. The summed E-state index contributed by atoms with van der Waals surface area (Å²) in [7, 11) is 0. The van der Waals surface area contributed by atoms with Crippen LogP contribution in [-0.2, 0) is 4.79 Å². The van der Waals surface area contributed by atoms with E-state index < -0.39 is 11.9 Å². The van der Waals surface area contributed by atoms with E-state index in [1.807, 2.05) is 0 Å². The molecule has 1 amide bonds. The SMILES string of the molecule is O=C(O)C=Cc1cccc(C=NNC(=O)c2ccc(O)c(Cl)c2)c1. The summed E-state index contributed by atoms with van der Waals surface area (Å²) in [6.45, 7) is 0. The number of halogens is 1. The maximum atomic E-state index is 11.9. The lowest BCUT2D eigenvalue weighted by Crippen LogP contribution is -2.17. The van der Waals surface area contributed by atoms with Gasteiger partial charge in [0.2, 0.25) is 0 Å². The predicted molar refractivity (Wildman–Crippen MR) is 91.3 cm³/mol. The Bertz CT molecular complexity index is 831. The van der Waals surface area contributed by atoms with Crippen LogP contribution in [0.2, 0.25) is 5.02 Å². The number of carboxylic acid groups (broad SMARTS) is 1. The van der Waals surface area contributed by atoms with Crippen molar-refractivity contribution in [3.8, 4) is 5.75 Å². The second kappa shape index (κ2) is 7.94. The molecule has 3 N–H and O–H groups in total. The van der Waals surface area contributed by atoms with Gasteiger partial charge in [0.25, 0.3) is 5.91 Å². The number of carbonyl (C=O) groups is 2. The molecule has 122 valence electrons. The molecular weight excluding hydrogens is 332 g/mol. The number of phenolic OH excluding ortho intramolecular Hbond substituents is 1. The van der Waals surface area contributed by atoms with Crippen molar-refractivity contribution in [2.24, 2.45) is 5.10 Å². The van der Waals surface area contributed by atoms with E-state index in [1.165, 1.54) is 30.5 Å². The Labute approximate surface area is 142 Å². The van der Waals surface area contributed by atoms with Crippen molar-refractivity contribution in [3.63, 3.8) is 0 Å². The van der Waals surface area contributed by atoms with Gasteiger partial charge in [-0.25, -0.2) is 10.2 Å². The van der Waals surface area contributed by atoms with Crippen molar-refractivity contribution in [1.82, 2.24) is 5.43 Å². The molecule has 0 radical (unpaired) electrons. The number of nitrogens with zero attached hydrogens (tertiary/aromatic N) is 1. The van der Waals surface area contributed by atoms with Crippen molar-refractivity contribution >= 4 is 35.8 Å². The first-order chi connectivity index (χ1) is 11.5. The molecule has 0 heterocycles. The topological polar surface area (TPSA) is 99.0 Å². The molecule has 7 heteroatoms. The van der Waals surface area contributed by atoms with Gasteiger partial charge in [0.1, 0.15) is 5.75 Å². The number of aromatic hydroxyl groups is 1. The van der Waals surface area contributed by atoms with Crippen LogP contribution in [0.3, 0.4) is 0 Å². The van der Waals surface area contributed by atoms with E-state index >= 15 is 0 Å². The Morgan fingerprint density at radius 1 is 1.12 bits per heavy atom. The number of aliphatic carboxylic acids is 1. The van der Waals surface area contributed by atoms with Crippen LogP contribution in [0.1, 0.15) is 21.5 Å². The monoisotopic (exact) mass is 344 g/mol. The van der Waals surface area contributed by atoms with Gasteiger partial charge in [0, 0.05) is 11.6 Å². The third-order valence-corrected chi connectivity index (χ3v) is 3.22. The maximum Gasteiger partial charge on any atom is 0.328 e. The highest BCUT2D eigenvalue weighted by molar-refractivity contribution is 6.32. The quantitative estimate of drug-likeness (QED) is 0.441. The second-order valence-electron chi connectivity index (χ2n) is 4.71. The lowest BCUT2D eigenvalue weighted by molar-refractivity contribution is -0.131. The van der Waals surface area contributed by atoms with Crippen LogP contribution in [0, 0.1) is 0 Å². The summed E-state index contributed by atoms with van der Waals surface area (Å²) in [6, 6.07) is 11.0. The summed E-state index contributed by atoms with van der Waals surface area (Å²) in [5.41, 5.74) is 3.98. The highest BCUT2D eigenvalue weighted by Crippen LogP contribution is 2.23. The first-order valence-corrected chi connectivity index (χ1v) is 7.16. The molecular formula is C17H13ClN2O4. The molecule has 0 unspecified atom stereocenters. The van der Waals surface area contributed by atoms with Crippen LogP contribution in [0.15, 0.2) is 53.6 Å². The molecule has 0 aromatic heterocycles. The molecule has 2 aromatic carbocycles. The second-order valence-corrected chi connectivity index (χ2v) is 5.11. The molecule has 6 nitrogen and oxygen atoms in total. The zero-order valence-corrected chi connectivity index (χ0v) is 13.1. The molecule has 0 fully saturated rings. The van der Waals surface area contributed by atoms with E-state index in [9.17, 15) is 14.7 Å². The smallest absolute Gasteiger partial charge is 0.328 e. The Kier molecular flexibility index (Phi) is 5.70. The molecule has 2 aromatic rings. The van der Waals surface area contributed by atoms with Crippen LogP contribution in [-0.4, -0.2) is 28.3 Å². The van der Waals surface area contributed by atoms with Gasteiger partial charge in [0.15, 0.2) is 0 Å². The minimum absolute atomic E-state index is 0.0737. The Balaban J connectivity index is 2.03. The number of phenols is 1. The van der Waals surface area contributed by atoms with Crippen LogP contribution in [0.25, 0.3) is 6.08 Å². The van der Waals surface area contributed by atoms with Crippen molar-refractivity contribution in [2.45, 2.75) is 0 Å².